The Labute approximate surface area is 158 Å². The average Bonchev–Trinajstić information content (AvgIpc) is 2.62. The molecule has 0 spiro atoms. The number of piperazine rings is 1. The smallest absolute Gasteiger partial charge is 0.292 e. The molecule has 1 fully saturated rings. The zero-order chi connectivity index (χ0) is 18.7. The second-order valence-corrected chi connectivity index (χ2v) is 7.84. The Kier molecular flexibility index (Phi) is 5.68. The molecular weight excluding hydrogens is 348 g/mol. The first kappa shape index (κ1) is 18.5. The maximum Gasteiger partial charge on any atom is 0.292 e. The van der Waals surface area contributed by atoms with Crippen molar-refractivity contribution in [3.8, 4) is 0 Å². The summed E-state index contributed by atoms with van der Waals surface area (Å²) in [6, 6.07) is 13.9. The molecule has 3 rings (SSSR count). The SMILES string of the molecule is CC(C)N1CCN(c2ccc(Sc3ccc([N+](=O)[O-])c(N)c3)cc2)CC1. The van der Waals surface area contributed by atoms with Crippen molar-refractivity contribution in [2.75, 3.05) is 36.8 Å². The van der Waals surface area contributed by atoms with Crippen LogP contribution in [0.3, 0.4) is 0 Å². The quantitative estimate of drug-likeness (QED) is 0.488. The minimum atomic E-state index is -0.461. The van der Waals surface area contributed by atoms with E-state index >= 15 is 0 Å². The van der Waals surface area contributed by atoms with Crippen molar-refractivity contribution in [2.24, 2.45) is 0 Å². The number of hydrogen-bond acceptors (Lipinski definition) is 6. The van der Waals surface area contributed by atoms with Crippen molar-refractivity contribution in [3.63, 3.8) is 0 Å². The number of anilines is 2. The molecule has 0 unspecified atom stereocenters. The van der Waals surface area contributed by atoms with E-state index in [1.54, 1.807) is 23.9 Å². The molecule has 26 heavy (non-hydrogen) atoms. The van der Waals surface area contributed by atoms with E-state index in [0.717, 1.165) is 36.0 Å². The van der Waals surface area contributed by atoms with Crippen LogP contribution in [-0.2, 0) is 0 Å². The van der Waals surface area contributed by atoms with Crippen LogP contribution in [0.2, 0.25) is 0 Å². The van der Waals surface area contributed by atoms with Crippen LogP contribution in [0.15, 0.2) is 52.3 Å². The number of nitro groups is 1. The Morgan fingerprint density at radius 1 is 1.04 bits per heavy atom. The van der Waals surface area contributed by atoms with Gasteiger partial charge >= 0.3 is 0 Å². The summed E-state index contributed by atoms with van der Waals surface area (Å²) in [6.07, 6.45) is 0. The lowest BCUT2D eigenvalue weighted by Crippen LogP contribution is -2.48. The first-order chi connectivity index (χ1) is 12.4. The highest BCUT2D eigenvalue weighted by Gasteiger charge is 2.19. The van der Waals surface area contributed by atoms with Gasteiger partial charge in [-0.15, -0.1) is 0 Å². The van der Waals surface area contributed by atoms with E-state index in [1.165, 1.54) is 11.8 Å². The first-order valence-electron chi connectivity index (χ1n) is 8.75. The summed E-state index contributed by atoms with van der Waals surface area (Å²) in [5.74, 6) is 0. The minimum absolute atomic E-state index is 0.0507. The van der Waals surface area contributed by atoms with Gasteiger partial charge < -0.3 is 10.6 Å². The molecule has 0 bridgehead atoms. The number of nitrogens with two attached hydrogens (primary N) is 1. The zero-order valence-electron chi connectivity index (χ0n) is 15.1. The Hall–Kier alpha value is -2.25. The third-order valence-corrected chi connectivity index (χ3v) is 5.68. The maximum absolute atomic E-state index is 10.8. The molecule has 0 aliphatic carbocycles. The van der Waals surface area contributed by atoms with E-state index in [4.69, 9.17) is 5.73 Å². The number of nitro benzene ring substituents is 1. The molecule has 2 N–H and O–H groups in total. The Morgan fingerprint density at radius 3 is 2.19 bits per heavy atom. The van der Waals surface area contributed by atoms with Crippen LogP contribution in [0.4, 0.5) is 17.1 Å². The van der Waals surface area contributed by atoms with E-state index in [2.05, 4.69) is 47.9 Å². The van der Waals surface area contributed by atoms with Crippen molar-refractivity contribution in [1.29, 1.82) is 0 Å². The van der Waals surface area contributed by atoms with Crippen LogP contribution in [0.1, 0.15) is 13.8 Å². The fraction of sp³-hybridized carbons (Fsp3) is 0.368. The number of nitrogens with zero attached hydrogens (tertiary/aromatic N) is 3. The van der Waals surface area contributed by atoms with Crippen LogP contribution in [0.5, 0.6) is 0 Å². The molecule has 0 amide bonds. The van der Waals surface area contributed by atoms with Gasteiger partial charge in [-0.05, 0) is 50.2 Å². The van der Waals surface area contributed by atoms with E-state index in [9.17, 15) is 10.1 Å². The Bertz CT molecular complexity index is 772. The second kappa shape index (κ2) is 7.97. The Morgan fingerprint density at radius 2 is 1.65 bits per heavy atom. The summed E-state index contributed by atoms with van der Waals surface area (Å²) >= 11 is 1.55. The summed E-state index contributed by atoms with van der Waals surface area (Å²) < 4.78 is 0. The molecule has 2 aromatic rings. The molecule has 0 aromatic heterocycles. The van der Waals surface area contributed by atoms with Crippen LogP contribution in [0, 0.1) is 10.1 Å². The average molecular weight is 372 g/mol. The van der Waals surface area contributed by atoms with Gasteiger partial charge in [0.05, 0.1) is 4.92 Å². The molecule has 0 atom stereocenters. The second-order valence-electron chi connectivity index (χ2n) is 6.69. The van der Waals surface area contributed by atoms with Gasteiger partial charge in [0.2, 0.25) is 0 Å². The molecule has 2 aromatic carbocycles. The van der Waals surface area contributed by atoms with Crippen molar-refractivity contribution < 1.29 is 4.92 Å². The van der Waals surface area contributed by atoms with Gasteiger partial charge in [0.25, 0.3) is 5.69 Å². The highest BCUT2D eigenvalue weighted by atomic mass is 32.2. The molecule has 1 aliphatic heterocycles. The number of hydrogen-bond donors (Lipinski definition) is 1. The first-order valence-corrected chi connectivity index (χ1v) is 9.56. The third kappa shape index (κ3) is 4.28. The molecule has 0 radical (unpaired) electrons. The van der Waals surface area contributed by atoms with Crippen molar-refractivity contribution >= 4 is 28.8 Å². The van der Waals surface area contributed by atoms with Gasteiger partial charge in [-0.3, -0.25) is 15.0 Å². The third-order valence-electron chi connectivity index (χ3n) is 4.68. The molecule has 1 aliphatic rings. The van der Waals surface area contributed by atoms with Crippen LogP contribution in [0.25, 0.3) is 0 Å². The molecule has 1 saturated heterocycles. The lowest BCUT2D eigenvalue weighted by molar-refractivity contribution is -0.383. The van der Waals surface area contributed by atoms with Gasteiger partial charge in [-0.25, -0.2) is 0 Å². The summed E-state index contributed by atoms with van der Waals surface area (Å²) in [4.78, 5) is 17.3. The molecular formula is C19H24N4O2S. The normalized spacial score (nSPS) is 15.4. The molecule has 138 valence electrons. The fourth-order valence-electron chi connectivity index (χ4n) is 3.12. The molecule has 6 nitrogen and oxygen atoms in total. The fourth-order valence-corrected chi connectivity index (χ4v) is 3.99. The lowest BCUT2D eigenvalue weighted by Gasteiger charge is -2.38. The predicted molar refractivity (Wildman–Crippen MR) is 107 cm³/mol. The number of benzene rings is 2. The summed E-state index contributed by atoms with van der Waals surface area (Å²) in [6.45, 7) is 8.76. The van der Waals surface area contributed by atoms with Crippen LogP contribution < -0.4 is 10.6 Å². The predicted octanol–water partition coefficient (Wildman–Crippen LogP) is 3.86. The van der Waals surface area contributed by atoms with Crippen molar-refractivity contribution in [1.82, 2.24) is 4.90 Å². The van der Waals surface area contributed by atoms with Gasteiger partial charge in [0.1, 0.15) is 5.69 Å². The summed E-state index contributed by atoms with van der Waals surface area (Å²) in [5.41, 5.74) is 7.14. The largest absolute Gasteiger partial charge is 0.393 e. The zero-order valence-corrected chi connectivity index (χ0v) is 15.9. The minimum Gasteiger partial charge on any atom is -0.393 e. The van der Waals surface area contributed by atoms with E-state index in [0.29, 0.717) is 6.04 Å². The lowest BCUT2D eigenvalue weighted by atomic mass is 10.2. The molecule has 1 heterocycles. The highest BCUT2D eigenvalue weighted by Crippen LogP contribution is 2.33. The van der Waals surface area contributed by atoms with Gasteiger partial charge in [0.15, 0.2) is 0 Å². The van der Waals surface area contributed by atoms with E-state index < -0.39 is 4.92 Å². The number of rotatable bonds is 5. The topological polar surface area (TPSA) is 75.6 Å². The van der Waals surface area contributed by atoms with Gasteiger partial charge in [-0.2, -0.15) is 0 Å². The molecule has 7 heteroatoms. The summed E-state index contributed by atoms with van der Waals surface area (Å²) in [5, 5.41) is 10.8. The Balaban J connectivity index is 1.63. The van der Waals surface area contributed by atoms with E-state index in [-0.39, 0.29) is 11.4 Å². The summed E-state index contributed by atoms with van der Waals surface area (Å²) in [7, 11) is 0. The van der Waals surface area contributed by atoms with E-state index in [1.807, 2.05) is 0 Å². The highest BCUT2D eigenvalue weighted by molar-refractivity contribution is 7.99. The monoisotopic (exact) mass is 372 g/mol. The van der Waals surface area contributed by atoms with Gasteiger partial charge in [-0.1, -0.05) is 11.8 Å². The van der Waals surface area contributed by atoms with Crippen molar-refractivity contribution in [2.45, 2.75) is 29.7 Å². The van der Waals surface area contributed by atoms with Crippen LogP contribution in [-0.4, -0.2) is 42.0 Å². The standard InChI is InChI=1S/C19H24N4O2S/c1-14(2)21-9-11-22(12-10-21)15-3-5-16(6-4-15)26-17-7-8-19(23(24)25)18(20)13-17/h3-8,13-14H,9-12,20H2,1-2H3. The number of nitrogen functional groups attached to an aromatic ring is 1. The van der Waals surface area contributed by atoms with Crippen molar-refractivity contribution in [3.05, 3.63) is 52.6 Å². The maximum atomic E-state index is 10.8. The van der Waals surface area contributed by atoms with Gasteiger partial charge in [0, 0.05) is 53.8 Å². The van der Waals surface area contributed by atoms with Crippen LogP contribution >= 0.6 is 11.8 Å². The molecule has 0 saturated carbocycles.